The van der Waals surface area contributed by atoms with Crippen molar-refractivity contribution in [2.75, 3.05) is 26.6 Å². The fraction of sp³-hybridized carbons (Fsp3) is 0.281. The summed E-state index contributed by atoms with van der Waals surface area (Å²) in [5.74, 6) is -0.459. The lowest BCUT2D eigenvalue weighted by Gasteiger charge is -2.17. The molecule has 0 spiro atoms. The molecule has 2 rings (SSSR count). The maximum absolute atomic E-state index is 11.8. The minimum Gasteiger partial charge on any atom is -0.494 e. The molecule has 0 amide bonds. The molecule has 40 heavy (non-hydrogen) atoms. The van der Waals surface area contributed by atoms with Gasteiger partial charge in [-0.2, -0.15) is 0 Å². The smallest absolute Gasteiger partial charge is 0.335 e. The predicted octanol–water partition coefficient (Wildman–Crippen LogP) is 5.94. The van der Waals surface area contributed by atoms with Gasteiger partial charge in [0.1, 0.15) is 11.5 Å². The molecule has 2 aromatic rings. The van der Waals surface area contributed by atoms with Crippen molar-refractivity contribution in [3.63, 3.8) is 0 Å². The molecule has 2 aromatic carbocycles. The van der Waals surface area contributed by atoms with Crippen LogP contribution in [0, 0.1) is 5.92 Å². The minimum atomic E-state index is -0.497. The Balaban J connectivity index is 1.83. The Morgan fingerprint density at radius 2 is 1.05 bits per heavy atom. The zero-order valence-electron chi connectivity index (χ0n) is 23.3. The molecule has 0 fully saturated rings. The number of esters is 3. The van der Waals surface area contributed by atoms with Gasteiger partial charge in [0.15, 0.2) is 0 Å². The van der Waals surface area contributed by atoms with Crippen LogP contribution in [0.1, 0.15) is 38.3 Å². The summed E-state index contributed by atoms with van der Waals surface area (Å²) in [4.78, 5) is 34.9. The van der Waals surface area contributed by atoms with Gasteiger partial charge in [0.2, 0.25) is 6.79 Å². The Bertz CT molecular complexity index is 1190. The van der Waals surface area contributed by atoms with Crippen molar-refractivity contribution in [2.45, 2.75) is 27.2 Å². The fourth-order valence-corrected chi connectivity index (χ4v) is 3.01. The first-order valence-corrected chi connectivity index (χ1v) is 12.7. The molecule has 0 saturated carbocycles. The highest BCUT2D eigenvalue weighted by Crippen LogP contribution is 2.18. The van der Waals surface area contributed by atoms with Gasteiger partial charge in [-0.3, -0.25) is 0 Å². The normalized spacial score (nSPS) is 10.6. The van der Waals surface area contributed by atoms with Crippen molar-refractivity contribution in [3.8, 4) is 11.5 Å². The van der Waals surface area contributed by atoms with Crippen LogP contribution in [0.2, 0.25) is 0 Å². The first-order chi connectivity index (χ1) is 19.0. The average Bonchev–Trinajstić information content (AvgIpc) is 2.93. The van der Waals surface area contributed by atoms with Gasteiger partial charge < -0.3 is 23.7 Å². The number of ether oxygens (including phenoxy) is 5. The standard InChI is InChI=1S/C32H36O8/c1-22(2)30(33)37-19-27(20-38-31(34)23(3)4)17-18-36-28-13-9-25(10-14-28)7-8-26-11-15-29(16-12-26)39-21-40-32(35)24(5)6/h7-16,27H,1,3,5,17-21H2,2,4,6H3/b8-7+. The van der Waals surface area contributed by atoms with Crippen LogP contribution in [-0.2, 0) is 28.6 Å². The monoisotopic (exact) mass is 548 g/mol. The highest BCUT2D eigenvalue weighted by atomic mass is 16.7. The van der Waals surface area contributed by atoms with Crippen LogP contribution >= 0.6 is 0 Å². The lowest BCUT2D eigenvalue weighted by atomic mass is 10.1. The second-order valence-corrected chi connectivity index (χ2v) is 9.21. The number of rotatable bonds is 16. The summed E-state index contributed by atoms with van der Waals surface area (Å²) < 4.78 is 26.6. The van der Waals surface area contributed by atoms with Gasteiger partial charge in [-0.05, 0) is 62.6 Å². The summed E-state index contributed by atoms with van der Waals surface area (Å²) in [5, 5.41) is 0. The summed E-state index contributed by atoms with van der Waals surface area (Å²) in [6.45, 7) is 15.7. The van der Waals surface area contributed by atoms with Crippen LogP contribution in [-0.4, -0.2) is 44.5 Å². The van der Waals surface area contributed by atoms with Crippen LogP contribution in [0.4, 0.5) is 0 Å². The van der Waals surface area contributed by atoms with E-state index in [-0.39, 0.29) is 25.9 Å². The minimum absolute atomic E-state index is 0.0812. The number of carbonyl (C=O) groups excluding carboxylic acids is 3. The Hall–Kier alpha value is -4.59. The first kappa shape index (κ1) is 31.6. The molecule has 0 saturated heterocycles. The third-order valence-corrected chi connectivity index (χ3v) is 5.38. The van der Waals surface area contributed by atoms with Gasteiger partial charge >= 0.3 is 17.9 Å². The number of carbonyl (C=O) groups is 3. The highest BCUT2D eigenvalue weighted by Gasteiger charge is 2.16. The van der Waals surface area contributed by atoms with Gasteiger partial charge in [0.25, 0.3) is 0 Å². The molecule has 0 heterocycles. The van der Waals surface area contributed by atoms with Crippen LogP contribution in [0.15, 0.2) is 85.0 Å². The van der Waals surface area contributed by atoms with E-state index in [1.165, 1.54) is 0 Å². The molecular formula is C32H36O8. The molecule has 0 bridgehead atoms. The largest absolute Gasteiger partial charge is 0.494 e. The Morgan fingerprint density at radius 1 is 0.650 bits per heavy atom. The maximum Gasteiger partial charge on any atom is 0.335 e. The average molecular weight is 549 g/mol. The van der Waals surface area contributed by atoms with Crippen LogP contribution < -0.4 is 9.47 Å². The van der Waals surface area contributed by atoms with Crippen molar-refractivity contribution in [1.82, 2.24) is 0 Å². The van der Waals surface area contributed by atoms with E-state index in [9.17, 15) is 14.4 Å². The molecule has 0 aliphatic rings. The molecule has 0 radical (unpaired) electrons. The zero-order valence-corrected chi connectivity index (χ0v) is 23.3. The third-order valence-electron chi connectivity index (χ3n) is 5.38. The van der Waals surface area contributed by atoms with Crippen LogP contribution in [0.3, 0.4) is 0 Å². The van der Waals surface area contributed by atoms with E-state index >= 15 is 0 Å². The van der Waals surface area contributed by atoms with Crippen molar-refractivity contribution in [1.29, 1.82) is 0 Å². The van der Waals surface area contributed by atoms with E-state index in [4.69, 9.17) is 23.7 Å². The van der Waals surface area contributed by atoms with Gasteiger partial charge in [-0.15, -0.1) is 0 Å². The van der Waals surface area contributed by atoms with Gasteiger partial charge in [-0.25, -0.2) is 14.4 Å². The van der Waals surface area contributed by atoms with Gasteiger partial charge in [-0.1, -0.05) is 56.2 Å². The maximum atomic E-state index is 11.8. The lowest BCUT2D eigenvalue weighted by molar-refractivity contribution is -0.146. The Labute approximate surface area is 235 Å². The quantitative estimate of drug-likeness (QED) is 0.0836. The number of hydrogen-bond acceptors (Lipinski definition) is 8. The Kier molecular flexibility index (Phi) is 13.0. The molecule has 8 heteroatoms. The molecule has 8 nitrogen and oxygen atoms in total. The molecule has 0 atom stereocenters. The van der Waals surface area contributed by atoms with E-state index < -0.39 is 17.9 Å². The van der Waals surface area contributed by atoms with Crippen molar-refractivity contribution in [3.05, 3.63) is 96.1 Å². The highest BCUT2D eigenvalue weighted by molar-refractivity contribution is 5.87. The summed E-state index contributed by atoms with van der Waals surface area (Å²) in [6.07, 6.45) is 4.44. The third kappa shape index (κ3) is 11.9. The zero-order chi connectivity index (χ0) is 29.5. The summed E-state index contributed by atoms with van der Waals surface area (Å²) in [5.41, 5.74) is 2.86. The van der Waals surface area contributed by atoms with Gasteiger partial charge in [0, 0.05) is 22.6 Å². The van der Waals surface area contributed by atoms with E-state index in [2.05, 4.69) is 19.7 Å². The predicted molar refractivity (Wildman–Crippen MR) is 153 cm³/mol. The van der Waals surface area contributed by atoms with E-state index in [1.807, 2.05) is 48.6 Å². The van der Waals surface area contributed by atoms with Crippen molar-refractivity contribution >= 4 is 30.1 Å². The number of benzene rings is 2. The first-order valence-electron chi connectivity index (χ1n) is 12.7. The summed E-state index contributed by atoms with van der Waals surface area (Å²) in [7, 11) is 0. The molecule has 212 valence electrons. The number of hydrogen-bond donors (Lipinski definition) is 0. The topological polar surface area (TPSA) is 97.4 Å². The summed E-state index contributed by atoms with van der Waals surface area (Å²) >= 11 is 0. The lowest BCUT2D eigenvalue weighted by Crippen LogP contribution is -2.23. The van der Waals surface area contributed by atoms with Gasteiger partial charge in [0.05, 0.1) is 19.8 Å². The molecule has 0 unspecified atom stereocenters. The van der Waals surface area contributed by atoms with Crippen molar-refractivity contribution in [2.24, 2.45) is 5.92 Å². The van der Waals surface area contributed by atoms with Crippen LogP contribution in [0.5, 0.6) is 11.5 Å². The molecule has 0 N–H and O–H groups in total. The molecular weight excluding hydrogens is 512 g/mol. The van der Waals surface area contributed by atoms with E-state index in [0.29, 0.717) is 41.2 Å². The molecule has 0 aromatic heterocycles. The molecule has 0 aliphatic carbocycles. The van der Waals surface area contributed by atoms with E-state index in [1.54, 1.807) is 32.9 Å². The Morgan fingerprint density at radius 3 is 1.48 bits per heavy atom. The van der Waals surface area contributed by atoms with Crippen molar-refractivity contribution < 1.29 is 38.1 Å². The molecule has 0 aliphatic heterocycles. The fourth-order valence-electron chi connectivity index (χ4n) is 3.01. The van der Waals surface area contributed by atoms with Crippen LogP contribution in [0.25, 0.3) is 12.2 Å². The second-order valence-electron chi connectivity index (χ2n) is 9.21. The summed E-state index contributed by atoms with van der Waals surface area (Å²) in [6, 6.07) is 14.9. The SMILES string of the molecule is C=C(C)C(=O)OCOc1ccc(/C=C/c2ccc(OCCC(COC(=O)C(=C)C)COC(=O)C(=C)C)cc2)cc1. The van der Waals surface area contributed by atoms with E-state index in [0.717, 1.165) is 11.1 Å². The second kappa shape index (κ2) is 16.4.